The van der Waals surface area contributed by atoms with Crippen molar-refractivity contribution in [2.24, 2.45) is 10.8 Å². The number of rotatable bonds is 0. The van der Waals surface area contributed by atoms with Crippen LogP contribution in [-0.4, -0.2) is 5.78 Å². The first kappa shape index (κ1) is 7.33. The lowest BCUT2D eigenvalue weighted by Crippen LogP contribution is -2.25. The van der Waals surface area contributed by atoms with E-state index >= 15 is 0 Å². The van der Waals surface area contributed by atoms with E-state index in [4.69, 9.17) is 0 Å². The van der Waals surface area contributed by atoms with Crippen molar-refractivity contribution in [3.8, 4) is 0 Å². The molecule has 0 spiro atoms. The summed E-state index contributed by atoms with van der Waals surface area (Å²) in [5.74, 6) is 0.495. The summed E-state index contributed by atoms with van der Waals surface area (Å²) in [6, 6.07) is 0. The van der Waals surface area contributed by atoms with Crippen LogP contribution in [0.2, 0.25) is 0 Å². The van der Waals surface area contributed by atoms with E-state index in [1.165, 1.54) is 19.3 Å². The Morgan fingerprint density at radius 2 is 1.55 bits per heavy atom. The Morgan fingerprint density at radius 1 is 1.09 bits per heavy atom. The largest absolute Gasteiger partial charge is 0.300 e. The van der Waals surface area contributed by atoms with Gasteiger partial charge in [-0.25, -0.2) is 0 Å². The van der Waals surface area contributed by atoms with Gasteiger partial charge in [-0.2, -0.15) is 0 Å². The molecule has 0 aromatic carbocycles. The molecule has 1 heteroatoms. The zero-order valence-corrected chi connectivity index (χ0v) is 7.44. The summed E-state index contributed by atoms with van der Waals surface area (Å²) in [5, 5.41) is 0. The average Bonchev–Trinajstić information content (AvgIpc) is 2.16. The quantitative estimate of drug-likeness (QED) is 0.521. The van der Waals surface area contributed by atoms with E-state index in [0.29, 0.717) is 16.6 Å². The van der Waals surface area contributed by atoms with Gasteiger partial charge in [0.1, 0.15) is 5.78 Å². The maximum Gasteiger partial charge on any atom is 0.134 e. The number of carbonyl (C=O) groups excluding carboxylic acids is 1. The van der Waals surface area contributed by atoms with Crippen molar-refractivity contribution in [2.75, 3.05) is 0 Å². The second-order valence-electron chi connectivity index (χ2n) is 4.87. The van der Waals surface area contributed by atoms with Crippen molar-refractivity contribution < 1.29 is 4.79 Å². The van der Waals surface area contributed by atoms with Crippen LogP contribution in [0.1, 0.15) is 46.0 Å². The Hall–Kier alpha value is -0.330. The van der Waals surface area contributed by atoms with E-state index in [-0.39, 0.29) is 0 Å². The summed E-state index contributed by atoms with van der Waals surface area (Å²) in [6.45, 7) is 4.59. The van der Waals surface area contributed by atoms with E-state index < -0.39 is 0 Å². The van der Waals surface area contributed by atoms with Crippen molar-refractivity contribution in [1.29, 1.82) is 0 Å². The Bertz CT molecular complexity index is 189. The molecule has 0 amide bonds. The molecule has 0 heterocycles. The van der Waals surface area contributed by atoms with E-state index in [1.807, 2.05) is 0 Å². The molecule has 1 nitrogen and oxygen atoms in total. The number of ketones is 1. The zero-order chi connectivity index (χ0) is 8.11. The lowest BCUT2D eigenvalue weighted by Gasteiger charge is -2.33. The molecule has 0 bridgehead atoms. The maximum atomic E-state index is 11.3. The van der Waals surface area contributed by atoms with Crippen molar-refractivity contribution in [1.82, 2.24) is 0 Å². The van der Waals surface area contributed by atoms with Crippen LogP contribution in [0.15, 0.2) is 0 Å². The highest BCUT2D eigenvalue weighted by molar-refractivity contribution is 5.83. The SMILES string of the molecule is C[C@@]12CCC[C@]1(C)CC(=O)C2. The smallest absolute Gasteiger partial charge is 0.134 e. The predicted molar refractivity (Wildman–Crippen MR) is 44.3 cm³/mol. The molecule has 2 aliphatic carbocycles. The molecule has 2 atom stereocenters. The standard InChI is InChI=1S/C10H16O/c1-9-4-3-5-10(9,2)7-8(11)6-9/h3-7H2,1-2H3/t9-,10+. The van der Waals surface area contributed by atoms with Gasteiger partial charge in [-0.15, -0.1) is 0 Å². The van der Waals surface area contributed by atoms with Crippen LogP contribution in [0.5, 0.6) is 0 Å². The summed E-state index contributed by atoms with van der Waals surface area (Å²) in [6.07, 6.45) is 5.58. The number of hydrogen-bond donors (Lipinski definition) is 0. The van der Waals surface area contributed by atoms with E-state index in [0.717, 1.165) is 12.8 Å². The highest BCUT2D eigenvalue weighted by Gasteiger charge is 2.54. The van der Waals surface area contributed by atoms with Crippen LogP contribution >= 0.6 is 0 Å². The molecule has 2 aliphatic rings. The third-order valence-electron chi connectivity index (χ3n) is 4.09. The van der Waals surface area contributed by atoms with Crippen molar-refractivity contribution >= 4 is 5.78 Å². The minimum Gasteiger partial charge on any atom is -0.300 e. The zero-order valence-electron chi connectivity index (χ0n) is 7.44. The molecule has 2 saturated carbocycles. The number of carbonyl (C=O) groups is 1. The van der Waals surface area contributed by atoms with Gasteiger partial charge < -0.3 is 0 Å². The summed E-state index contributed by atoms with van der Waals surface area (Å²) in [7, 11) is 0. The van der Waals surface area contributed by atoms with Gasteiger partial charge in [0.25, 0.3) is 0 Å². The molecule has 0 aromatic heterocycles. The molecule has 0 aromatic rings. The number of hydrogen-bond acceptors (Lipinski definition) is 1. The Kier molecular flexibility index (Phi) is 1.25. The molecular weight excluding hydrogens is 136 g/mol. The van der Waals surface area contributed by atoms with Gasteiger partial charge in [-0.1, -0.05) is 20.3 Å². The Balaban J connectivity index is 2.35. The van der Waals surface area contributed by atoms with Gasteiger partial charge in [0.15, 0.2) is 0 Å². The summed E-state index contributed by atoms with van der Waals surface area (Å²) >= 11 is 0. The van der Waals surface area contributed by atoms with Crippen molar-refractivity contribution in [2.45, 2.75) is 46.0 Å². The highest BCUT2D eigenvalue weighted by Crippen LogP contribution is 2.61. The molecule has 0 radical (unpaired) electrons. The minimum absolute atomic E-state index is 0.365. The van der Waals surface area contributed by atoms with Gasteiger partial charge >= 0.3 is 0 Å². The summed E-state index contributed by atoms with van der Waals surface area (Å²) in [4.78, 5) is 11.3. The lowest BCUT2D eigenvalue weighted by molar-refractivity contribution is -0.118. The second-order valence-corrected chi connectivity index (χ2v) is 4.87. The Morgan fingerprint density at radius 3 is 2.00 bits per heavy atom. The fourth-order valence-electron chi connectivity index (χ4n) is 3.01. The molecule has 0 saturated heterocycles. The number of fused-ring (bicyclic) bond motifs is 1. The fraction of sp³-hybridized carbons (Fsp3) is 0.900. The van der Waals surface area contributed by atoms with Gasteiger partial charge in [-0.3, -0.25) is 4.79 Å². The van der Waals surface area contributed by atoms with Crippen LogP contribution in [0.25, 0.3) is 0 Å². The molecule has 62 valence electrons. The third-order valence-corrected chi connectivity index (χ3v) is 4.09. The van der Waals surface area contributed by atoms with Crippen LogP contribution in [0.4, 0.5) is 0 Å². The van der Waals surface area contributed by atoms with Crippen molar-refractivity contribution in [3.05, 3.63) is 0 Å². The predicted octanol–water partition coefficient (Wildman–Crippen LogP) is 2.55. The molecule has 0 aliphatic heterocycles. The average molecular weight is 152 g/mol. The summed E-state index contributed by atoms with van der Waals surface area (Å²) in [5.41, 5.74) is 0.730. The van der Waals surface area contributed by atoms with Crippen molar-refractivity contribution in [3.63, 3.8) is 0 Å². The maximum absolute atomic E-state index is 11.3. The van der Waals surface area contributed by atoms with Gasteiger partial charge in [-0.05, 0) is 23.7 Å². The topological polar surface area (TPSA) is 17.1 Å². The minimum atomic E-state index is 0.365. The lowest BCUT2D eigenvalue weighted by atomic mass is 9.71. The fourth-order valence-corrected chi connectivity index (χ4v) is 3.01. The summed E-state index contributed by atoms with van der Waals surface area (Å²) < 4.78 is 0. The van der Waals surface area contributed by atoms with E-state index in [1.54, 1.807) is 0 Å². The third kappa shape index (κ3) is 0.800. The second kappa shape index (κ2) is 1.88. The van der Waals surface area contributed by atoms with E-state index in [9.17, 15) is 4.79 Å². The normalized spacial score (nSPS) is 49.8. The van der Waals surface area contributed by atoms with Crippen LogP contribution in [-0.2, 0) is 4.79 Å². The van der Waals surface area contributed by atoms with Crippen LogP contribution in [0.3, 0.4) is 0 Å². The monoisotopic (exact) mass is 152 g/mol. The first-order chi connectivity index (χ1) is 5.06. The van der Waals surface area contributed by atoms with Gasteiger partial charge in [0.2, 0.25) is 0 Å². The molecule has 0 unspecified atom stereocenters. The molecule has 2 rings (SSSR count). The van der Waals surface area contributed by atoms with Crippen LogP contribution in [0, 0.1) is 10.8 Å². The van der Waals surface area contributed by atoms with Gasteiger partial charge in [0.05, 0.1) is 0 Å². The van der Waals surface area contributed by atoms with Crippen LogP contribution < -0.4 is 0 Å². The molecule has 11 heavy (non-hydrogen) atoms. The first-order valence-electron chi connectivity index (χ1n) is 4.58. The molecule has 2 fully saturated rings. The first-order valence-corrected chi connectivity index (χ1v) is 4.58. The molecule has 0 N–H and O–H groups in total. The molecular formula is C10H16O. The van der Waals surface area contributed by atoms with E-state index in [2.05, 4.69) is 13.8 Å². The number of Topliss-reactive ketones (excluding diaryl/α,β-unsaturated/α-hetero) is 1. The Labute approximate surface area is 68.2 Å². The highest BCUT2D eigenvalue weighted by atomic mass is 16.1. The van der Waals surface area contributed by atoms with Gasteiger partial charge in [0, 0.05) is 12.8 Å².